The molecule has 4 atom stereocenters. The number of allylic oxidation sites excluding steroid dienone is 2. The van der Waals surface area contributed by atoms with E-state index in [1.54, 1.807) is 72.2 Å². The SMILES string of the molecule is Cc1ccc2c(c1)C(C(O)c1cncn1C)=Cc1cccnc1[C@H]2N1CCN(C(=O)OC(C)(C)C)CC1.Cc1ccc2c(c1)C=C(Cn1ccnc1C)c1cc(Cl)cnc1C2N1CCN(C(=O)Nc2ccc(C#N)cc2)CC1.Cc1nccn1CC1=Cc2ccccc2C(N2CCN(C(=O)Nc3ccc(C#N)cc3)CC2)c2ncc(Br)cc21. The van der Waals surface area contributed by atoms with Crippen molar-refractivity contribution in [2.75, 3.05) is 89.2 Å². The number of aryl methyl sites for hydroxylation is 5. The number of anilines is 2. The highest BCUT2D eigenvalue weighted by Crippen LogP contribution is 2.46. The number of ether oxygens (including phenoxy) is 1. The Kier molecular flexibility index (Phi) is 24.2. The van der Waals surface area contributed by atoms with E-state index >= 15 is 0 Å². The number of hydrogen-bond donors (Lipinski definition) is 3. The lowest BCUT2D eigenvalue weighted by Crippen LogP contribution is -2.51. The second-order valence-electron chi connectivity index (χ2n) is 31.5. The summed E-state index contributed by atoms with van der Waals surface area (Å²) in [5.74, 6) is 1.91. The third-order valence-electron chi connectivity index (χ3n) is 22.5. The molecular formula is C92H93BrClN19O5. The quantitative estimate of drug-likeness (QED) is 0.109. The summed E-state index contributed by atoms with van der Waals surface area (Å²) < 4.78 is 12.7. The molecule has 11 aromatic rings. The standard InChI is InChI=1S/C32H30ClN7O.C31H28BrN7O.C29H35N5O3/c1-21-3-8-28-24(15-21)16-25(20-40-10-9-35-22(40)2)29-17-26(33)19-36-30(29)31(28)38-11-13-39(14-12-38)32(41)37-27-6-4-23(18-34)5-7-27;1-21-34-10-11-39(21)20-24-16-23-4-2-3-5-27(23)30(29-28(24)17-25(32)19-35-29)37-12-14-38(15-13-37)31(40)36-26-8-6-22(18-33)7-9-26;1-19-8-9-21-22(15-19)23(27(35)24-17-30-18-32(24)5)16-20-7-6-10-31-25(20)26(21)33-11-13-34(14-12-33)28(36)37-29(2,3)4/h3-10,15-17,19,31H,11-14,20H2,1-2H3,(H,37,41);2-11,16-17,19,30H,12-15,20H2,1H3,(H,36,40);6-10,15-18,26-27,35H,11-14H2,1-5H3/t;;26-,27?/m..0/s1. The Morgan fingerprint density at radius 3 is 1.58 bits per heavy atom. The number of hydrogen-bond acceptors (Lipinski definition) is 16. The lowest BCUT2D eigenvalue weighted by molar-refractivity contribution is 0.0117. The van der Waals surface area contributed by atoms with Crippen LogP contribution in [-0.2, 0) is 24.9 Å². The fraction of sp³-hybridized carbons (Fsp3) is 0.293. The van der Waals surface area contributed by atoms with Gasteiger partial charge in [-0.05, 0) is 205 Å². The van der Waals surface area contributed by atoms with Crippen LogP contribution in [0.15, 0.2) is 194 Å². The number of aliphatic hydroxyl groups excluding tert-OH is 1. The molecule has 600 valence electrons. The number of aromatic nitrogens is 9. The largest absolute Gasteiger partial charge is 0.444 e. The van der Waals surface area contributed by atoms with E-state index in [9.17, 15) is 19.5 Å². The topological polar surface area (TPSA) is 264 Å². The van der Waals surface area contributed by atoms with Crippen molar-refractivity contribution in [3.8, 4) is 12.1 Å². The maximum Gasteiger partial charge on any atom is 0.410 e. The van der Waals surface area contributed by atoms with Crippen LogP contribution in [-0.4, -0.2) is 180 Å². The number of rotatable bonds is 11. The Bertz CT molecular complexity index is 5750. The molecule has 5 aromatic carbocycles. The number of amides is 5. The lowest BCUT2D eigenvalue weighted by atomic mass is 9.89. The second-order valence-corrected chi connectivity index (χ2v) is 32.8. The zero-order chi connectivity index (χ0) is 82.5. The Balaban J connectivity index is 0.000000139. The van der Waals surface area contributed by atoms with Gasteiger partial charge in [-0.1, -0.05) is 89.5 Å². The molecular weight excluding hydrogens is 1570 g/mol. The van der Waals surface area contributed by atoms with E-state index in [0.717, 1.165) is 89.0 Å². The van der Waals surface area contributed by atoms with Crippen LogP contribution in [0.1, 0.15) is 152 Å². The minimum absolute atomic E-state index is 0.0410. The van der Waals surface area contributed by atoms with Crippen molar-refractivity contribution < 1.29 is 24.2 Å². The molecule has 0 saturated carbocycles. The molecule has 0 bridgehead atoms. The summed E-state index contributed by atoms with van der Waals surface area (Å²) in [5.41, 5.74) is 21.1. The molecule has 3 aliphatic carbocycles. The molecule has 3 fully saturated rings. The second kappa shape index (κ2) is 35.3. The van der Waals surface area contributed by atoms with Gasteiger partial charge in [-0.3, -0.25) is 29.7 Å². The molecule has 24 nitrogen and oxygen atoms in total. The van der Waals surface area contributed by atoms with Crippen LogP contribution in [0.2, 0.25) is 5.02 Å². The van der Waals surface area contributed by atoms with Crippen molar-refractivity contribution in [3.05, 3.63) is 306 Å². The van der Waals surface area contributed by atoms with Crippen molar-refractivity contribution in [1.29, 1.82) is 10.5 Å². The van der Waals surface area contributed by atoms with E-state index in [4.69, 9.17) is 41.8 Å². The van der Waals surface area contributed by atoms with Crippen LogP contribution in [0, 0.1) is 50.4 Å². The minimum atomic E-state index is -0.844. The van der Waals surface area contributed by atoms with Gasteiger partial charge in [-0.15, -0.1) is 0 Å². The van der Waals surface area contributed by atoms with E-state index in [2.05, 4.69) is 182 Å². The fourth-order valence-corrected chi connectivity index (χ4v) is 16.9. The lowest BCUT2D eigenvalue weighted by Gasteiger charge is -2.40. The van der Waals surface area contributed by atoms with Gasteiger partial charge in [0.15, 0.2) is 0 Å². The van der Waals surface area contributed by atoms with Crippen LogP contribution in [0.3, 0.4) is 0 Å². The average molecular weight is 1660 g/mol. The van der Waals surface area contributed by atoms with E-state index in [0.29, 0.717) is 119 Å². The summed E-state index contributed by atoms with van der Waals surface area (Å²) in [5, 5.41) is 36.1. The molecule has 6 aromatic heterocycles. The number of benzene rings is 5. The highest BCUT2D eigenvalue weighted by molar-refractivity contribution is 9.10. The van der Waals surface area contributed by atoms with Gasteiger partial charge in [0, 0.05) is 169 Å². The first-order valence-electron chi connectivity index (χ1n) is 39.6. The zero-order valence-corrected chi connectivity index (χ0v) is 69.6. The van der Waals surface area contributed by atoms with Crippen LogP contribution in [0.5, 0.6) is 0 Å². The number of halogens is 2. The summed E-state index contributed by atoms with van der Waals surface area (Å²) in [7, 11) is 1.89. The molecule has 5 amide bonds. The average Bonchev–Trinajstić information content (AvgIpc) is 1.59. The summed E-state index contributed by atoms with van der Waals surface area (Å²) in [6.45, 7) is 22.9. The van der Waals surface area contributed by atoms with E-state index in [1.165, 1.54) is 27.8 Å². The van der Waals surface area contributed by atoms with Gasteiger partial charge in [-0.25, -0.2) is 29.3 Å². The molecule has 6 aliphatic rings. The number of piperazine rings is 3. The molecule has 3 unspecified atom stereocenters. The Labute approximate surface area is 700 Å². The molecule has 3 saturated heterocycles. The highest BCUT2D eigenvalue weighted by atomic mass is 79.9. The normalized spacial score (nSPS) is 17.4. The first-order chi connectivity index (χ1) is 57.0. The van der Waals surface area contributed by atoms with Crippen LogP contribution < -0.4 is 10.6 Å². The smallest absolute Gasteiger partial charge is 0.410 e. The van der Waals surface area contributed by atoms with Crippen LogP contribution in [0.4, 0.5) is 25.8 Å². The predicted octanol–water partition coefficient (Wildman–Crippen LogP) is 16.0. The Morgan fingerprint density at radius 1 is 0.542 bits per heavy atom. The first-order valence-corrected chi connectivity index (χ1v) is 40.8. The Hall–Kier alpha value is -12.2. The number of nitrogens with one attached hydrogen (secondary N) is 2. The fourth-order valence-electron chi connectivity index (χ4n) is 16.4. The van der Waals surface area contributed by atoms with Crippen LogP contribution >= 0.6 is 27.5 Å². The van der Waals surface area contributed by atoms with Crippen molar-refractivity contribution in [2.45, 2.75) is 91.4 Å². The number of fused-ring (bicyclic) bond motifs is 6. The molecule has 26 heteroatoms. The van der Waals surface area contributed by atoms with Gasteiger partial charge in [0.05, 0.1) is 81.7 Å². The third-order valence-corrected chi connectivity index (χ3v) is 23.1. The summed E-state index contributed by atoms with van der Waals surface area (Å²) in [4.78, 5) is 79.2. The van der Waals surface area contributed by atoms with E-state index in [1.807, 2.05) is 105 Å². The van der Waals surface area contributed by atoms with Gasteiger partial charge >= 0.3 is 18.2 Å². The summed E-state index contributed by atoms with van der Waals surface area (Å²) in [6.07, 6.45) is 22.0. The van der Waals surface area contributed by atoms with Crippen molar-refractivity contribution in [2.24, 2.45) is 7.05 Å². The monoisotopic (exact) mass is 1660 g/mol. The maximum absolute atomic E-state index is 13.0. The van der Waals surface area contributed by atoms with Crippen molar-refractivity contribution >= 4 is 92.0 Å². The highest BCUT2D eigenvalue weighted by Gasteiger charge is 2.39. The molecule has 0 radical (unpaired) electrons. The Morgan fingerprint density at radius 2 is 1.04 bits per heavy atom. The number of nitriles is 2. The van der Waals surface area contributed by atoms with Gasteiger partial charge in [0.2, 0.25) is 0 Å². The van der Waals surface area contributed by atoms with Crippen molar-refractivity contribution in [3.63, 3.8) is 0 Å². The van der Waals surface area contributed by atoms with E-state index in [-0.39, 0.29) is 36.3 Å². The third kappa shape index (κ3) is 18.0. The van der Waals surface area contributed by atoms with Gasteiger partial charge < -0.3 is 48.9 Å². The number of pyridine rings is 3. The summed E-state index contributed by atoms with van der Waals surface area (Å²) in [6, 6.07) is 47.2. The van der Waals surface area contributed by atoms with Gasteiger partial charge in [0.1, 0.15) is 23.4 Å². The molecule has 3 aliphatic heterocycles. The van der Waals surface area contributed by atoms with Gasteiger partial charge in [-0.2, -0.15) is 10.5 Å². The molecule has 3 N–H and O–H groups in total. The number of urea groups is 2. The minimum Gasteiger partial charge on any atom is -0.444 e. The van der Waals surface area contributed by atoms with Crippen LogP contribution in [0.25, 0.3) is 34.9 Å². The molecule has 118 heavy (non-hydrogen) atoms. The van der Waals surface area contributed by atoms with Crippen molar-refractivity contribution in [1.82, 2.24) is 73.0 Å². The molecule has 0 spiro atoms. The number of imidazole rings is 3. The number of carbonyl (C=O) groups excluding carboxylic acids is 3. The van der Waals surface area contributed by atoms with Gasteiger partial charge in [0.25, 0.3) is 0 Å². The number of nitrogens with zero attached hydrogens (tertiary/aromatic N) is 17. The first kappa shape index (κ1) is 81.0. The summed E-state index contributed by atoms with van der Waals surface area (Å²) >= 11 is 10.2. The number of aliphatic hydroxyl groups is 1. The van der Waals surface area contributed by atoms with E-state index < -0.39 is 11.7 Å². The zero-order valence-electron chi connectivity index (χ0n) is 67.3. The number of carbonyl (C=O) groups is 3. The maximum atomic E-state index is 13.0. The molecule has 17 rings (SSSR count). The molecule has 9 heterocycles. The predicted molar refractivity (Wildman–Crippen MR) is 461 cm³/mol.